The smallest absolute Gasteiger partial charge is 0.419 e. The summed E-state index contributed by atoms with van der Waals surface area (Å²) in [5.74, 6) is -1.35. The van der Waals surface area contributed by atoms with Gasteiger partial charge in [0.25, 0.3) is 0 Å². The fourth-order valence-electron chi connectivity index (χ4n) is 3.71. The van der Waals surface area contributed by atoms with E-state index in [-0.39, 0.29) is 12.1 Å². The lowest BCUT2D eigenvalue weighted by Gasteiger charge is -2.37. The third-order valence-corrected chi connectivity index (χ3v) is 5.24. The van der Waals surface area contributed by atoms with Crippen molar-refractivity contribution in [3.05, 3.63) is 35.1 Å². The number of hydrogen-bond acceptors (Lipinski definition) is 2. The molecule has 138 valence electrons. The summed E-state index contributed by atoms with van der Waals surface area (Å²) in [5.41, 5.74) is -2.56. The van der Waals surface area contributed by atoms with Crippen molar-refractivity contribution in [1.82, 2.24) is 10.2 Å². The van der Waals surface area contributed by atoms with E-state index in [0.29, 0.717) is 12.8 Å². The number of benzene rings is 1. The predicted octanol–water partition coefficient (Wildman–Crippen LogP) is 3.96. The summed E-state index contributed by atoms with van der Waals surface area (Å²) in [6.07, 6.45) is -3.42. The lowest BCUT2D eigenvalue weighted by Crippen LogP contribution is -2.52. The van der Waals surface area contributed by atoms with Gasteiger partial charge in [0.1, 0.15) is 5.82 Å². The van der Waals surface area contributed by atoms with Gasteiger partial charge in [0.15, 0.2) is 0 Å². The van der Waals surface area contributed by atoms with Crippen LogP contribution in [-0.2, 0) is 11.7 Å². The molecule has 25 heavy (non-hydrogen) atoms. The molecule has 1 amide bonds. The summed E-state index contributed by atoms with van der Waals surface area (Å²) >= 11 is 0. The minimum absolute atomic E-state index is 0.182. The highest BCUT2D eigenvalue weighted by atomic mass is 19.4. The monoisotopic (exact) mass is 360 g/mol. The van der Waals surface area contributed by atoms with Crippen LogP contribution >= 0.6 is 0 Å². The molecule has 2 aliphatic rings. The third kappa shape index (κ3) is 3.31. The van der Waals surface area contributed by atoms with Crippen molar-refractivity contribution in [2.45, 2.75) is 49.9 Å². The Labute approximate surface area is 142 Å². The zero-order valence-electron chi connectivity index (χ0n) is 13.8. The van der Waals surface area contributed by atoms with Gasteiger partial charge in [-0.3, -0.25) is 4.90 Å². The number of hydrogen-bond donors (Lipinski definition) is 2. The van der Waals surface area contributed by atoms with E-state index in [1.165, 1.54) is 11.0 Å². The molecule has 0 spiro atoms. The Bertz CT molecular complexity index is 680. The molecule has 0 radical (unpaired) electrons. The Kier molecular flexibility index (Phi) is 4.21. The van der Waals surface area contributed by atoms with Crippen LogP contribution < -0.4 is 5.32 Å². The fourth-order valence-corrected chi connectivity index (χ4v) is 3.71. The normalized spacial score (nSPS) is 25.0. The maximum atomic E-state index is 13.6. The minimum Gasteiger partial charge on any atom is -0.465 e. The molecule has 1 aliphatic carbocycles. The summed E-state index contributed by atoms with van der Waals surface area (Å²) in [6, 6.07) is 2.79. The van der Waals surface area contributed by atoms with E-state index < -0.39 is 34.7 Å². The van der Waals surface area contributed by atoms with E-state index >= 15 is 0 Å². The van der Waals surface area contributed by atoms with E-state index in [1.54, 1.807) is 0 Å². The summed E-state index contributed by atoms with van der Waals surface area (Å²) in [7, 11) is 0. The number of rotatable bonds is 4. The number of alkyl halides is 3. The first-order chi connectivity index (χ1) is 11.6. The van der Waals surface area contributed by atoms with Crippen LogP contribution in [0.3, 0.4) is 0 Å². The maximum absolute atomic E-state index is 13.6. The van der Waals surface area contributed by atoms with Crippen molar-refractivity contribution in [3.8, 4) is 0 Å². The second kappa shape index (κ2) is 5.86. The predicted molar refractivity (Wildman–Crippen MR) is 82.7 cm³/mol. The Morgan fingerprint density at radius 2 is 2.00 bits per heavy atom. The first-order valence-electron chi connectivity index (χ1n) is 8.20. The van der Waals surface area contributed by atoms with Crippen molar-refractivity contribution in [2.24, 2.45) is 0 Å². The van der Waals surface area contributed by atoms with E-state index in [2.05, 4.69) is 5.32 Å². The van der Waals surface area contributed by atoms with Crippen LogP contribution in [0.2, 0.25) is 0 Å². The van der Waals surface area contributed by atoms with Crippen LogP contribution in [-0.4, -0.2) is 34.7 Å². The molecule has 0 bridgehead atoms. The zero-order chi connectivity index (χ0) is 18.5. The standard InChI is InChI=1S/C17H20F4N2O2/c1-15(5-2-8-22-15)10-23(14(24)25)16(6-7-16)11-3-4-13(18)12(9-11)17(19,20)21/h3-4,9,22H,2,5-8,10H2,1H3,(H,24,25)/t15-/m0/s1. The lowest BCUT2D eigenvalue weighted by atomic mass is 9.95. The molecule has 2 N–H and O–H groups in total. The van der Waals surface area contributed by atoms with Crippen LogP contribution in [0.5, 0.6) is 0 Å². The average molecular weight is 360 g/mol. The SMILES string of the molecule is C[C@@]1(CN(C(=O)O)C2(c3ccc(F)c(C(F)(F)F)c3)CC2)CCCN1. The highest BCUT2D eigenvalue weighted by Gasteiger charge is 2.54. The largest absolute Gasteiger partial charge is 0.465 e. The van der Waals surface area contributed by atoms with E-state index in [4.69, 9.17) is 0 Å². The van der Waals surface area contributed by atoms with Gasteiger partial charge >= 0.3 is 12.3 Å². The number of amides is 1. The number of nitrogens with zero attached hydrogens (tertiary/aromatic N) is 1. The molecule has 0 unspecified atom stereocenters. The molecule has 1 saturated carbocycles. The Hall–Kier alpha value is -1.83. The van der Waals surface area contributed by atoms with E-state index in [9.17, 15) is 27.5 Å². The van der Waals surface area contributed by atoms with Gasteiger partial charge in [-0.05, 0) is 56.8 Å². The van der Waals surface area contributed by atoms with Crippen molar-refractivity contribution < 1.29 is 27.5 Å². The van der Waals surface area contributed by atoms with Crippen molar-refractivity contribution >= 4 is 6.09 Å². The van der Waals surface area contributed by atoms with Gasteiger partial charge in [-0.2, -0.15) is 13.2 Å². The first-order valence-corrected chi connectivity index (χ1v) is 8.20. The van der Waals surface area contributed by atoms with Gasteiger partial charge in [0.2, 0.25) is 0 Å². The molecule has 1 aliphatic heterocycles. The highest BCUT2D eigenvalue weighted by Crippen LogP contribution is 2.52. The molecule has 1 saturated heterocycles. The number of nitrogens with one attached hydrogen (secondary N) is 1. The van der Waals surface area contributed by atoms with Gasteiger partial charge in [-0.1, -0.05) is 6.07 Å². The summed E-state index contributed by atoms with van der Waals surface area (Å²) in [5, 5.41) is 12.9. The summed E-state index contributed by atoms with van der Waals surface area (Å²) in [4.78, 5) is 13.1. The molecule has 3 rings (SSSR count). The van der Waals surface area contributed by atoms with Crippen LogP contribution in [0.15, 0.2) is 18.2 Å². The van der Waals surface area contributed by atoms with Gasteiger partial charge < -0.3 is 10.4 Å². The van der Waals surface area contributed by atoms with Gasteiger partial charge in [0.05, 0.1) is 11.1 Å². The van der Waals surface area contributed by atoms with Gasteiger partial charge in [-0.25, -0.2) is 9.18 Å². The van der Waals surface area contributed by atoms with Gasteiger partial charge in [0, 0.05) is 12.1 Å². The van der Waals surface area contributed by atoms with Crippen molar-refractivity contribution in [3.63, 3.8) is 0 Å². The zero-order valence-corrected chi connectivity index (χ0v) is 13.8. The molecular weight excluding hydrogens is 340 g/mol. The summed E-state index contributed by atoms with van der Waals surface area (Å²) in [6.45, 7) is 2.88. The molecule has 1 heterocycles. The van der Waals surface area contributed by atoms with Crippen molar-refractivity contribution in [1.29, 1.82) is 0 Å². The molecule has 4 nitrogen and oxygen atoms in total. The van der Waals surface area contributed by atoms with E-state index in [0.717, 1.165) is 31.5 Å². The van der Waals surface area contributed by atoms with E-state index in [1.807, 2.05) is 6.92 Å². The van der Waals surface area contributed by atoms with Crippen molar-refractivity contribution in [2.75, 3.05) is 13.1 Å². The molecule has 1 atom stereocenters. The highest BCUT2D eigenvalue weighted by molar-refractivity contribution is 5.68. The average Bonchev–Trinajstić information content (AvgIpc) is 3.20. The lowest BCUT2D eigenvalue weighted by molar-refractivity contribution is -0.140. The molecule has 0 aromatic heterocycles. The van der Waals surface area contributed by atoms with Crippen LogP contribution in [0.25, 0.3) is 0 Å². The number of carboxylic acid groups (broad SMARTS) is 1. The number of halogens is 4. The van der Waals surface area contributed by atoms with Crippen LogP contribution in [0, 0.1) is 5.82 Å². The quantitative estimate of drug-likeness (QED) is 0.800. The molecule has 8 heteroatoms. The van der Waals surface area contributed by atoms with Gasteiger partial charge in [-0.15, -0.1) is 0 Å². The maximum Gasteiger partial charge on any atom is 0.419 e. The molecule has 1 aromatic carbocycles. The minimum atomic E-state index is -4.82. The first kappa shape index (κ1) is 18.0. The molecular formula is C17H20F4N2O2. The molecule has 1 aromatic rings. The number of carbonyl (C=O) groups is 1. The fraction of sp³-hybridized carbons (Fsp3) is 0.588. The second-order valence-corrected chi connectivity index (χ2v) is 7.18. The summed E-state index contributed by atoms with van der Waals surface area (Å²) < 4.78 is 52.6. The Balaban J connectivity index is 1.95. The Morgan fingerprint density at radius 3 is 2.48 bits per heavy atom. The molecule has 2 fully saturated rings. The topological polar surface area (TPSA) is 52.6 Å². The van der Waals surface area contributed by atoms with Crippen LogP contribution in [0.1, 0.15) is 43.7 Å². The third-order valence-electron chi connectivity index (χ3n) is 5.24. The van der Waals surface area contributed by atoms with Crippen LogP contribution in [0.4, 0.5) is 22.4 Å². The second-order valence-electron chi connectivity index (χ2n) is 7.18. The Morgan fingerprint density at radius 1 is 1.32 bits per heavy atom.